The second-order valence-corrected chi connectivity index (χ2v) is 7.92. The number of hydrogen-bond acceptors (Lipinski definition) is 3. The fourth-order valence-electron chi connectivity index (χ4n) is 3.57. The van der Waals surface area contributed by atoms with Gasteiger partial charge in [0.05, 0.1) is 19.1 Å². The van der Waals surface area contributed by atoms with Crippen LogP contribution in [-0.2, 0) is 27.1 Å². The number of methoxy groups -OCH3 is 1. The van der Waals surface area contributed by atoms with Crippen LogP contribution in [0.5, 0.6) is 0 Å². The summed E-state index contributed by atoms with van der Waals surface area (Å²) in [4.78, 5) is 11.8. The number of benzene rings is 2. The zero-order valence-electron chi connectivity index (χ0n) is 19.8. The van der Waals surface area contributed by atoms with Crippen molar-refractivity contribution in [3.05, 3.63) is 90.7 Å². The van der Waals surface area contributed by atoms with Crippen LogP contribution < -0.4 is 0 Å². The summed E-state index contributed by atoms with van der Waals surface area (Å²) in [6, 6.07) is 20.8. The largest absolute Gasteiger partial charge is 0.465 e. The normalized spacial score (nSPS) is 12.9. The summed E-state index contributed by atoms with van der Waals surface area (Å²) in [5, 5.41) is 0. The molecule has 1 aliphatic carbocycles. The molecule has 0 atom stereocenters. The van der Waals surface area contributed by atoms with Gasteiger partial charge in [0.25, 0.3) is 0 Å². The third kappa shape index (κ3) is 13.6. The molecule has 0 unspecified atom stereocenters. The van der Waals surface area contributed by atoms with Crippen molar-refractivity contribution in [2.75, 3.05) is 20.3 Å². The molecule has 3 rings (SSSR count). The Balaban J connectivity index is 0.000000330. The summed E-state index contributed by atoms with van der Waals surface area (Å²) in [6.45, 7) is 7.65. The van der Waals surface area contributed by atoms with Crippen LogP contribution in [0.3, 0.4) is 0 Å². The van der Waals surface area contributed by atoms with Crippen molar-refractivity contribution >= 4 is 5.97 Å². The van der Waals surface area contributed by atoms with Gasteiger partial charge in [-0.25, -0.2) is 0 Å². The standard InChI is InChI=1S/C17H24O2.C9H12O.C3H4/c18-17(16-12-5-2-6-13-16)19-14-8-7-11-15-9-3-1-4-10-15;1-10-8-7-9-5-3-2-4-6-9;1-3-2/h1,3-4,9-10,16H,2,5-8,11-14H2;2-6H,7-8H2,1H3;1-2H2. The molecule has 0 heterocycles. The number of ether oxygens (including phenoxy) is 2. The van der Waals surface area contributed by atoms with E-state index in [0.29, 0.717) is 6.61 Å². The molecular weight excluding hydrogens is 396 g/mol. The Kier molecular flexibility index (Phi) is 16.4. The third-order valence-electron chi connectivity index (χ3n) is 5.32. The van der Waals surface area contributed by atoms with Gasteiger partial charge in [0.1, 0.15) is 0 Å². The minimum atomic E-state index is 0.0411. The Hall–Kier alpha value is -2.61. The molecule has 3 heteroatoms. The Bertz CT molecular complexity index is 728. The van der Waals surface area contributed by atoms with Crippen LogP contribution >= 0.6 is 0 Å². The molecule has 174 valence electrons. The van der Waals surface area contributed by atoms with Crippen LogP contribution in [0.15, 0.2) is 79.6 Å². The van der Waals surface area contributed by atoms with Crippen LogP contribution in [0.1, 0.15) is 56.1 Å². The zero-order chi connectivity index (χ0) is 23.3. The molecule has 1 fully saturated rings. The minimum Gasteiger partial charge on any atom is -0.465 e. The van der Waals surface area contributed by atoms with E-state index in [0.717, 1.165) is 45.1 Å². The van der Waals surface area contributed by atoms with E-state index in [1.807, 2.05) is 24.3 Å². The van der Waals surface area contributed by atoms with Gasteiger partial charge in [0, 0.05) is 7.11 Å². The second kappa shape index (κ2) is 19.1. The van der Waals surface area contributed by atoms with Crippen molar-refractivity contribution in [2.45, 2.75) is 57.8 Å². The van der Waals surface area contributed by atoms with Crippen LogP contribution in [0, 0.1) is 5.92 Å². The van der Waals surface area contributed by atoms with Gasteiger partial charge in [-0.05, 0) is 49.7 Å². The maximum absolute atomic E-state index is 11.8. The van der Waals surface area contributed by atoms with Crippen molar-refractivity contribution in [3.63, 3.8) is 0 Å². The van der Waals surface area contributed by atoms with Crippen molar-refractivity contribution in [3.8, 4) is 0 Å². The van der Waals surface area contributed by atoms with Gasteiger partial charge in [0.15, 0.2) is 0 Å². The predicted octanol–water partition coefficient (Wildman–Crippen LogP) is 6.97. The van der Waals surface area contributed by atoms with Crippen LogP contribution in [0.25, 0.3) is 0 Å². The topological polar surface area (TPSA) is 35.5 Å². The molecule has 0 aliphatic heterocycles. The quantitative estimate of drug-likeness (QED) is 0.242. The third-order valence-corrected chi connectivity index (χ3v) is 5.32. The Morgan fingerprint density at radius 1 is 0.844 bits per heavy atom. The molecule has 0 saturated heterocycles. The van der Waals surface area contributed by atoms with E-state index in [-0.39, 0.29) is 11.9 Å². The van der Waals surface area contributed by atoms with Gasteiger partial charge < -0.3 is 9.47 Å². The number of unbranched alkanes of at least 4 members (excludes halogenated alkanes) is 1. The molecule has 1 aliphatic rings. The van der Waals surface area contributed by atoms with Gasteiger partial charge in [0.2, 0.25) is 0 Å². The Labute approximate surface area is 195 Å². The highest BCUT2D eigenvalue weighted by Gasteiger charge is 2.21. The van der Waals surface area contributed by atoms with Crippen molar-refractivity contribution in [1.82, 2.24) is 0 Å². The summed E-state index contributed by atoms with van der Waals surface area (Å²) in [5.41, 5.74) is 4.95. The van der Waals surface area contributed by atoms with E-state index in [4.69, 9.17) is 9.47 Å². The maximum Gasteiger partial charge on any atom is 0.308 e. The first kappa shape index (κ1) is 27.4. The summed E-state index contributed by atoms with van der Waals surface area (Å²) >= 11 is 0. The van der Waals surface area contributed by atoms with Gasteiger partial charge in [-0.3, -0.25) is 4.79 Å². The SMILES string of the molecule is C=C=C.COCCc1ccccc1.O=C(OCCCCc1ccccc1)C1CCCCC1. The molecule has 1 saturated carbocycles. The molecule has 0 amide bonds. The number of carbonyl (C=O) groups excluding carboxylic acids is 1. The van der Waals surface area contributed by atoms with Gasteiger partial charge in [-0.2, -0.15) is 0 Å². The van der Waals surface area contributed by atoms with E-state index in [2.05, 4.69) is 55.3 Å². The highest BCUT2D eigenvalue weighted by molar-refractivity contribution is 5.72. The monoisotopic (exact) mass is 436 g/mol. The predicted molar refractivity (Wildman–Crippen MR) is 134 cm³/mol. The lowest BCUT2D eigenvalue weighted by molar-refractivity contribution is -0.149. The van der Waals surface area contributed by atoms with Gasteiger partial charge in [-0.15, -0.1) is 5.73 Å². The molecular formula is C29H40O3. The highest BCUT2D eigenvalue weighted by Crippen LogP contribution is 2.24. The van der Waals surface area contributed by atoms with Crippen molar-refractivity contribution in [2.24, 2.45) is 5.92 Å². The lowest BCUT2D eigenvalue weighted by atomic mass is 9.89. The number of carbonyl (C=O) groups is 1. The maximum atomic E-state index is 11.8. The Morgan fingerprint density at radius 2 is 1.38 bits per heavy atom. The molecule has 0 N–H and O–H groups in total. The zero-order valence-corrected chi connectivity index (χ0v) is 19.8. The van der Waals surface area contributed by atoms with E-state index >= 15 is 0 Å². The van der Waals surface area contributed by atoms with Gasteiger partial charge >= 0.3 is 5.97 Å². The smallest absolute Gasteiger partial charge is 0.308 e. The lowest BCUT2D eigenvalue weighted by Crippen LogP contribution is -2.20. The molecule has 2 aromatic carbocycles. The van der Waals surface area contributed by atoms with Crippen molar-refractivity contribution in [1.29, 1.82) is 0 Å². The average Bonchev–Trinajstić information content (AvgIpc) is 2.85. The number of esters is 1. The molecule has 3 nitrogen and oxygen atoms in total. The van der Waals surface area contributed by atoms with E-state index in [1.165, 1.54) is 30.4 Å². The first-order chi connectivity index (χ1) is 15.7. The van der Waals surface area contributed by atoms with Crippen LogP contribution in [0.2, 0.25) is 0 Å². The fourth-order valence-corrected chi connectivity index (χ4v) is 3.57. The lowest BCUT2D eigenvalue weighted by Gasteiger charge is -2.19. The molecule has 0 spiro atoms. The number of hydrogen-bond donors (Lipinski definition) is 0. The van der Waals surface area contributed by atoms with E-state index < -0.39 is 0 Å². The number of aryl methyl sites for hydroxylation is 1. The summed E-state index contributed by atoms with van der Waals surface area (Å²) in [5.74, 6) is 0.224. The first-order valence-electron chi connectivity index (χ1n) is 11.7. The highest BCUT2D eigenvalue weighted by atomic mass is 16.5. The van der Waals surface area contributed by atoms with Crippen molar-refractivity contribution < 1.29 is 14.3 Å². The molecule has 0 radical (unpaired) electrons. The average molecular weight is 437 g/mol. The van der Waals surface area contributed by atoms with Crippen LogP contribution in [-0.4, -0.2) is 26.3 Å². The molecule has 32 heavy (non-hydrogen) atoms. The van der Waals surface area contributed by atoms with E-state index in [1.54, 1.807) is 7.11 Å². The number of rotatable bonds is 9. The summed E-state index contributed by atoms with van der Waals surface area (Å²) < 4.78 is 10.3. The van der Waals surface area contributed by atoms with E-state index in [9.17, 15) is 4.79 Å². The molecule has 0 aromatic heterocycles. The first-order valence-corrected chi connectivity index (χ1v) is 11.7. The van der Waals surface area contributed by atoms with Crippen LogP contribution in [0.4, 0.5) is 0 Å². The summed E-state index contributed by atoms with van der Waals surface area (Å²) in [6.07, 6.45) is 9.85. The fraction of sp³-hybridized carbons (Fsp3) is 0.448. The molecule has 0 bridgehead atoms. The summed E-state index contributed by atoms with van der Waals surface area (Å²) in [7, 11) is 1.73. The Morgan fingerprint density at radius 3 is 1.91 bits per heavy atom. The molecule has 2 aromatic rings. The van der Waals surface area contributed by atoms with Gasteiger partial charge in [-0.1, -0.05) is 93.1 Å². The second-order valence-electron chi connectivity index (χ2n) is 7.92. The minimum absolute atomic E-state index is 0.0411.